The van der Waals surface area contributed by atoms with Crippen LogP contribution in [0.2, 0.25) is 0 Å². The first kappa shape index (κ1) is 11.5. The molecule has 3 nitrogen and oxygen atoms in total. The van der Waals surface area contributed by atoms with Crippen LogP contribution in [0.4, 0.5) is 5.69 Å². The Labute approximate surface area is 102 Å². The van der Waals surface area contributed by atoms with E-state index >= 15 is 0 Å². The second-order valence-corrected chi connectivity index (χ2v) is 3.96. The highest BCUT2D eigenvalue weighted by molar-refractivity contribution is 5.51. The van der Waals surface area contributed by atoms with Gasteiger partial charge in [0.05, 0.1) is 12.7 Å². The van der Waals surface area contributed by atoms with E-state index in [0.29, 0.717) is 6.61 Å². The fourth-order valence-electron chi connectivity index (χ4n) is 1.93. The Hall–Kier alpha value is -1.95. The Morgan fingerprint density at radius 2 is 2.12 bits per heavy atom. The van der Waals surface area contributed by atoms with Crippen LogP contribution in [0, 0.1) is 11.3 Å². The van der Waals surface area contributed by atoms with E-state index < -0.39 is 0 Å². The normalized spacial score (nSPS) is 15.1. The van der Waals surface area contributed by atoms with E-state index in [2.05, 4.69) is 23.1 Å². The number of nitrogens with zero attached hydrogens (tertiary/aromatic N) is 2. The summed E-state index contributed by atoms with van der Waals surface area (Å²) in [5.74, 6) is 0.904. The van der Waals surface area contributed by atoms with Crippen molar-refractivity contribution >= 4 is 5.69 Å². The van der Waals surface area contributed by atoms with Crippen molar-refractivity contribution in [3.63, 3.8) is 0 Å². The maximum Gasteiger partial charge on any atom is 0.119 e. The van der Waals surface area contributed by atoms with E-state index in [0.717, 1.165) is 30.8 Å². The molecule has 0 amide bonds. The molecule has 0 radical (unpaired) electrons. The second-order valence-electron chi connectivity index (χ2n) is 3.96. The van der Waals surface area contributed by atoms with Gasteiger partial charge in [-0.15, -0.1) is 0 Å². The predicted molar refractivity (Wildman–Crippen MR) is 68.1 cm³/mol. The van der Waals surface area contributed by atoms with Crippen LogP contribution in [0.25, 0.3) is 0 Å². The third-order valence-corrected chi connectivity index (χ3v) is 2.87. The zero-order valence-corrected chi connectivity index (χ0v) is 10.0. The molecule has 0 bridgehead atoms. The lowest BCUT2D eigenvalue weighted by Crippen LogP contribution is -2.28. The Morgan fingerprint density at radius 1 is 1.35 bits per heavy atom. The van der Waals surface area contributed by atoms with Gasteiger partial charge in [0.1, 0.15) is 5.75 Å². The van der Waals surface area contributed by atoms with E-state index in [1.807, 2.05) is 25.1 Å². The molecule has 0 aromatic heterocycles. The summed E-state index contributed by atoms with van der Waals surface area (Å²) in [4.78, 5) is 2.26. The first-order valence-corrected chi connectivity index (χ1v) is 5.90. The molecule has 1 aromatic carbocycles. The number of ether oxygens (including phenoxy) is 1. The van der Waals surface area contributed by atoms with Crippen molar-refractivity contribution in [3.05, 3.63) is 35.9 Å². The molecular formula is C14H16N2O. The molecular weight excluding hydrogens is 212 g/mol. The van der Waals surface area contributed by atoms with Crippen molar-refractivity contribution in [2.24, 2.45) is 0 Å². The molecule has 1 aromatic rings. The second kappa shape index (κ2) is 5.40. The van der Waals surface area contributed by atoms with Crippen LogP contribution in [-0.4, -0.2) is 19.7 Å². The standard InChI is InChI=1S/C14H16N2O/c1-2-17-14-5-3-13(4-6-14)16-9-7-12(11-15)8-10-16/h3-7H,2,8-10H2,1H3. The van der Waals surface area contributed by atoms with E-state index in [-0.39, 0.29) is 0 Å². The average molecular weight is 228 g/mol. The number of anilines is 1. The molecule has 0 saturated carbocycles. The van der Waals surface area contributed by atoms with Gasteiger partial charge in [0.2, 0.25) is 0 Å². The Kier molecular flexibility index (Phi) is 3.66. The van der Waals surface area contributed by atoms with Crippen molar-refractivity contribution in [2.75, 3.05) is 24.6 Å². The summed E-state index contributed by atoms with van der Waals surface area (Å²) in [6.07, 6.45) is 2.84. The highest BCUT2D eigenvalue weighted by Gasteiger charge is 2.11. The molecule has 0 spiro atoms. The molecule has 0 fully saturated rings. The van der Waals surface area contributed by atoms with E-state index in [4.69, 9.17) is 10.00 Å². The highest BCUT2D eigenvalue weighted by atomic mass is 16.5. The maximum atomic E-state index is 8.79. The van der Waals surface area contributed by atoms with Crippen LogP contribution in [0.15, 0.2) is 35.9 Å². The van der Waals surface area contributed by atoms with Crippen LogP contribution < -0.4 is 9.64 Å². The molecule has 0 saturated heterocycles. The fraction of sp³-hybridized carbons (Fsp3) is 0.357. The van der Waals surface area contributed by atoms with Crippen LogP contribution in [0.3, 0.4) is 0 Å². The van der Waals surface area contributed by atoms with Gasteiger partial charge >= 0.3 is 0 Å². The van der Waals surface area contributed by atoms with Crippen LogP contribution in [0.1, 0.15) is 13.3 Å². The van der Waals surface area contributed by atoms with Crippen molar-refractivity contribution < 1.29 is 4.74 Å². The third-order valence-electron chi connectivity index (χ3n) is 2.87. The van der Waals surface area contributed by atoms with Gasteiger partial charge in [0.15, 0.2) is 0 Å². The Bertz CT molecular complexity index is 442. The minimum Gasteiger partial charge on any atom is -0.494 e. The maximum absolute atomic E-state index is 8.79. The molecule has 0 unspecified atom stereocenters. The van der Waals surface area contributed by atoms with E-state index in [1.54, 1.807) is 0 Å². The van der Waals surface area contributed by atoms with Gasteiger partial charge in [-0.2, -0.15) is 5.26 Å². The minimum absolute atomic E-state index is 0.692. The van der Waals surface area contributed by atoms with Crippen LogP contribution in [-0.2, 0) is 0 Å². The lowest BCUT2D eigenvalue weighted by molar-refractivity contribution is 0.340. The SMILES string of the molecule is CCOc1ccc(N2CC=C(C#N)CC2)cc1. The fourth-order valence-corrected chi connectivity index (χ4v) is 1.93. The lowest BCUT2D eigenvalue weighted by Gasteiger charge is -2.26. The molecule has 0 N–H and O–H groups in total. The summed E-state index contributed by atoms with van der Waals surface area (Å²) >= 11 is 0. The van der Waals surface area contributed by atoms with Crippen molar-refractivity contribution in [2.45, 2.75) is 13.3 Å². The summed E-state index contributed by atoms with van der Waals surface area (Å²) in [6, 6.07) is 10.3. The smallest absolute Gasteiger partial charge is 0.119 e. The summed E-state index contributed by atoms with van der Waals surface area (Å²) in [5.41, 5.74) is 2.08. The molecule has 0 aliphatic carbocycles. The first-order valence-electron chi connectivity index (χ1n) is 5.90. The van der Waals surface area contributed by atoms with Crippen LogP contribution >= 0.6 is 0 Å². The van der Waals surface area contributed by atoms with Crippen molar-refractivity contribution in [1.82, 2.24) is 0 Å². The zero-order valence-electron chi connectivity index (χ0n) is 10.0. The zero-order chi connectivity index (χ0) is 12.1. The monoisotopic (exact) mass is 228 g/mol. The molecule has 0 atom stereocenters. The van der Waals surface area contributed by atoms with Gasteiger partial charge in [-0.25, -0.2) is 0 Å². The van der Waals surface area contributed by atoms with Crippen molar-refractivity contribution in [3.8, 4) is 11.8 Å². The van der Waals surface area contributed by atoms with Gasteiger partial charge in [-0.05, 0) is 37.6 Å². The van der Waals surface area contributed by atoms with Gasteiger partial charge < -0.3 is 9.64 Å². The number of rotatable bonds is 3. The van der Waals surface area contributed by atoms with E-state index in [9.17, 15) is 0 Å². The number of benzene rings is 1. The minimum atomic E-state index is 0.692. The molecule has 3 heteroatoms. The molecule has 1 aliphatic rings. The summed E-state index contributed by atoms with van der Waals surface area (Å²) < 4.78 is 5.41. The molecule has 1 heterocycles. The first-order chi connectivity index (χ1) is 8.33. The number of hydrogen-bond acceptors (Lipinski definition) is 3. The van der Waals surface area contributed by atoms with Crippen LogP contribution in [0.5, 0.6) is 5.75 Å². The predicted octanol–water partition coefficient (Wildman–Crippen LogP) is 2.75. The molecule has 1 aliphatic heterocycles. The summed E-state index contributed by atoms with van der Waals surface area (Å²) in [6.45, 7) is 4.40. The third kappa shape index (κ3) is 2.79. The van der Waals surface area contributed by atoms with Crippen molar-refractivity contribution in [1.29, 1.82) is 5.26 Å². The van der Waals surface area contributed by atoms with Gasteiger partial charge in [-0.1, -0.05) is 6.08 Å². The topological polar surface area (TPSA) is 36.3 Å². The molecule has 88 valence electrons. The lowest BCUT2D eigenvalue weighted by atomic mass is 10.1. The summed E-state index contributed by atoms with van der Waals surface area (Å²) in [7, 11) is 0. The summed E-state index contributed by atoms with van der Waals surface area (Å²) in [5, 5.41) is 8.79. The van der Waals surface area contributed by atoms with Gasteiger partial charge in [0.25, 0.3) is 0 Å². The largest absolute Gasteiger partial charge is 0.494 e. The highest BCUT2D eigenvalue weighted by Crippen LogP contribution is 2.22. The Morgan fingerprint density at radius 3 is 2.65 bits per heavy atom. The average Bonchev–Trinajstić information content (AvgIpc) is 2.40. The molecule has 2 rings (SSSR count). The number of nitriles is 1. The Balaban J connectivity index is 2.04. The van der Waals surface area contributed by atoms with E-state index in [1.165, 1.54) is 5.69 Å². The number of hydrogen-bond donors (Lipinski definition) is 0. The molecule has 17 heavy (non-hydrogen) atoms. The quantitative estimate of drug-likeness (QED) is 0.798. The van der Waals surface area contributed by atoms with Gasteiger partial charge in [-0.3, -0.25) is 0 Å². The van der Waals surface area contributed by atoms with Gasteiger partial charge in [0, 0.05) is 24.4 Å².